The zero-order chi connectivity index (χ0) is 25.1. The Bertz CT molecular complexity index is 1010. The molecule has 182 valence electrons. The van der Waals surface area contributed by atoms with E-state index in [1.54, 1.807) is 4.68 Å². The van der Waals surface area contributed by atoms with Crippen LogP contribution in [0.5, 0.6) is 0 Å². The minimum Gasteiger partial charge on any atom is -0.315 e. The Labute approximate surface area is 200 Å². The molecule has 0 saturated heterocycles. The first-order valence-corrected chi connectivity index (χ1v) is 11.4. The lowest BCUT2D eigenvalue weighted by Crippen LogP contribution is -2.43. The van der Waals surface area contributed by atoms with Crippen molar-refractivity contribution >= 4 is 35.0 Å². The monoisotopic (exact) mass is 479 g/mol. The number of rotatable bonds is 6. The Balaban J connectivity index is 2.21. The minimum absolute atomic E-state index is 0.0916. The van der Waals surface area contributed by atoms with Gasteiger partial charge in [0, 0.05) is 23.7 Å². The third kappa shape index (κ3) is 7.45. The Morgan fingerprint density at radius 3 is 2.27 bits per heavy atom. The van der Waals surface area contributed by atoms with Crippen LogP contribution in [0.15, 0.2) is 24.3 Å². The van der Waals surface area contributed by atoms with E-state index in [0.717, 1.165) is 5.69 Å². The second-order valence-corrected chi connectivity index (χ2v) is 11.0. The smallest absolute Gasteiger partial charge is 0.315 e. The molecule has 7 nitrogen and oxygen atoms in total. The van der Waals surface area contributed by atoms with Crippen molar-refractivity contribution in [3.8, 4) is 0 Å². The first-order chi connectivity index (χ1) is 15.1. The van der Waals surface area contributed by atoms with Crippen molar-refractivity contribution in [2.75, 3.05) is 23.7 Å². The van der Waals surface area contributed by atoms with Gasteiger partial charge >= 0.3 is 6.03 Å². The Kier molecular flexibility index (Phi) is 8.17. The van der Waals surface area contributed by atoms with Crippen LogP contribution in [0.3, 0.4) is 0 Å². The summed E-state index contributed by atoms with van der Waals surface area (Å²) in [7, 11) is 0. The highest BCUT2D eigenvalue weighted by atomic mass is 35.5. The van der Waals surface area contributed by atoms with E-state index in [0.29, 0.717) is 18.1 Å². The lowest BCUT2D eigenvalue weighted by molar-refractivity contribution is -0.116. The molecule has 1 aromatic heterocycles. The maximum Gasteiger partial charge on any atom is 0.322 e. The highest BCUT2D eigenvalue weighted by Crippen LogP contribution is 2.28. The number of hydrogen-bond acceptors (Lipinski definition) is 3. The number of carbonyl (C=O) groups excluding carboxylic acids is 2. The van der Waals surface area contributed by atoms with E-state index in [4.69, 9.17) is 16.7 Å². The number of nitrogens with zero attached hydrogens (tertiary/aromatic N) is 3. The maximum absolute atomic E-state index is 13.4. The standard InChI is InChI=1S/C24H35ClFN5O2/c1-15(2)13-30(22(33)27-16-9-10-18(26)17(25)11-16)14-21(32)28-20-12-19(23(3,4)5)29-31(20)24(6,7)8/h9-12,15H,13-14H2,1-8H3,(H,27,33)(H,28,32). The molecule has 0 radical (unpaired) electrons. The quantitative estimate of drug-likeness (QED) is 0.544. The van der Waals surface area contributed by atoms with Crippen molar-refractivity contribution in [1.82, 2.24) is 14.7 Å². The molecule has 3 amide bonds. The normalized spacial score (nSPS) is 12.1. The number of anilines is 2. The largest absolute Gasteiger partial charge is 0.322 e. The third-order valence-electron chi connectivity index (χ3n) is 4.76. The van der Waals surface area contributed by atoms with Crippen LogP contribution in [0.1, 0.15) is 61.1 Å². The number of nitrogens with one attached hydrogen (secondary N) is 2. The van der Waals surface area contributed by atoms with Gasteiger partial charge < -0.3 is 15.5 Å². The molecule has 33 heavy (non-hydrogen) atoms. The summed E-state index contributed by atoms with van der Waals surface area (Å²) in [6.07, 6.45) is 0. The van der Waals surface area contributed by atoms with Crippen molar-refractivity contribution < 1.29 is 14.0 Å². The van der Waals surface area contributed by atoms with Gasteiger partial charge in [-0.2, -0.15) is 5.10 Å². The second-order valence-electron chi connectivity index (χ2n) is 10.6. The molecule has 0 aliphatic heterocycles. The summed E-state index contributed by atoms with van der Waals surface area (Å²) in [6, 6.07) is 5.33. The van der Waals surface area contributed by atoms with Crippen molar-refractivity contribution in [3.63, 3.8) is 0 Å². The predicted molar refractivity (Wildman–Crippen MR) is 131 cm³/mol. The molecule has 0 fully saturated rings. The second kappa shape index (κ2) is 10.1. The van der Waals surface area contributed by atoms with E-state index < -0.39 is 11.8 Å². The van der Waals surface area contributed by atoms with E-state index in [1.165, 1.54) is 23.1 Å². The van der Waals surface area contributed by atoms with Gasteiger partial charge in [-0.1, -0.05) is 46.2 Å². The number of urea groups is 1. The van der Waals surface area contributed by atoms with E-state index in [1.807, 2.05) is 40.7 Å². The topological polar surface area (TPSA) is 79.3 Å². The van der Waals surface area contributed by atoms with E-state index in [9.17, 15) is 14.0 Å². The molecule has 0 bridgehead atoms. The van der Waals surface area contributed by atoms with Gasteiger partial charge in [-0.25, -0.2) is 13.9 Å². The lowest BCUT2D eigenvalue weighted by Gasteiger charge is -2.26. The van der Waals surface area contributed by atoms with Gasteiger partial charge in [-0.15, -0.1) is 0 Å². The molecule has 0 saturated carbocycles. The fourth-order valence-electron chi connectivity index (χ4n) is 3.14. The van der Waals surface area contributed by atoms with Gasteiger partial charge in [-0.3, -0.25) is 4.79 Å². The van der Waals surface area contributed by atoms with Gasteiger partial charge in [0.1, 0.15) is 18.2 Å². The minimum atomic E-state index is -0.571. The molecule has 1 heterocycles. The summed E-state index contributed by atoms with van der Waals surface area (Å²) in [5.41, 5.74) is 0.678. The lowest BCUT2D eigenvalue weighted by atomic mass is 9.92. The number of halogens is 2. The summed E-state index contributed by atoms with van der Waals surface area (Å²) in [5, 5.41) is 10.2. The Morgan fingerprint density at radius 1 is 1.12 bits per heavy atom. The SMILES string of the molecule is CC(C)CN(CC(=O)Nc1cc(C(C)(C)C)nn1C(C)(C)C)C(=O)Nc1ccc(F)c(Cl)c1. The third-order valence-corrected chi connectivity index (χ3v) is 5.05. The van der Waals surface area contributed by atoms with Crippen LogP contribution in [0.25, 0.3) is 0 Å². The van der Waals surface area contributed by atoms with E-state index in [-0.39, 0.29) is 34.3 Å². The fraction of sp³-hybridized carbons (Fsp3) is 0.542. The maximum atomic E-state index is 13.4. The molecule has 1 aromatic carbocycles. The average molecular weight is 480 g/mol. The summed E-state index contributed by atoms with van der Waals surface area (Å²) in [6.45, 7) is 16.3. The van der Waals surface area contributed by atoms with Crippen LogP contribution in [-0.4, -0.2) is 39.7 Å². The van der Waals surface area contributed by atoms with Gasteiger partial charge in [0.2, 0.25) is 5.91 Å². The zero-order valence-corrected chi connectivity index (χ0v) is 21.5. The van der Waals surface area contributed by atoms with Gasteiger partial charge in [-0.05, 0) is 44.9 Å². The Hall–Kier alpha value is -2.61. The highest BCUT2D eigenvalue weighted by Gasteiger charge is 2.27. The Morgan fingerprint density at radius 2 is 1.76 bits per heavy atom. The molecule has 9 heteroatoms. The average Bonchev–Trinajstić information content (AvgIpc) is 3.08. The molecule has 0 spiro atoms. The highest BCUT2D eigenvalue weighted by molar-refractivity contribution is 6.31. The van der Waals surface area contributed by atoms with Crippen LogP contribution in [0.2, 0.25) is 5.02 Å². The van der Waals surface area contributed by atoms with Crippen molar-refractivity contribution in [2.45, 2.75) is 66.3 Å². The van der Waals surface area contributed by atoms with E-state index in [2.05, 4.69) is 31.4 Å². The van der Waals surface area contributed by atoms with Crippen LogP contribution < -0.4 is 10.6 Å². The van der Waals surface area contributed by atoms with Crippen molar-refractivity contribution in [3.05, 3.63) is 40.8 Å². The number of hydrogen-bond donors (Lipinski definition) is 2. The molecular weight excluding hydrogens is 445 g/mol. The molecule has 2 rings (SSSR count). The first-order valence-electron chi connectivity index (χ1n) is 11.0. The molecule has 0 aliphatic rings. The summed E-state index contributed by atoms with van der Waals surface area (Å²) in [5.74, 6) is -0.201. The van der Waals surface area contributed by atoms with Crippen molar-refractivity contribution in [2.24, 2.45) is 5.92 Å². The predicted octanol–water partition coefficient (Wildman–Crippen LogP) is 5.86. The fourth-order valence-corrected chi connectivity index (χ4v) is 3.32. The van der Waals surface area contributed by atoms with E-state index >= 15 is 0 Å². The van der Waals surface area contributed by atoms with Gasteiger partial charge in [0.05, 0.1) is 16.3 Å². The molecule has 0 unspecified atom stereocenters. The van der Waals surface area contributed by atoms with Crippen LogP contribution >= 0.6 is 11.6 Å². The first kappa shape index (κ1) is 26.6. The molecule has 2 N–H and O–H groups in total. The van der Waals surface area contributed by atoms with Gasteiger partial charge in [0.25, 0.3) is 0 Å². The number of aromatic nitrogens is 2. The number of carbonyl (C=O) groups is 2. The summed E-state index contributed by atoms with van der Waals surface area (Å²) < 4.78 is 15.2. The molecule has 0 aliphatic carbocycles. The van der Waals surface area contributed by atoms with Crippen molar-refractivity contribution in [1.29, 1.82) is 0 Å². The van der Waals surface area contributed by atoms with Crippen LogP contribution in [0, 0.1) is 11.7 Å². The summed E-state index contributed by atoms with van der Waals surface area (Å²) in [4.78, 5) is 27.2. The summed E-state index contributed by atoms with van der Waals surface area (Å²) >= 11 is 5.81. The molecule has 0 atom stereocenters. The number of benzene rings is 1. The zero-order valence-electron chi connectivity index (χ0n) is 20.7. The molecule has 2 aromatic rings. The molecular formula is C24H35ClFN5O2. The van der Waals surface area contributed by atoms with Gasteiger partial charge in [0.15, 0.2) is 0 Å². The number of amides is 3. The van der Waals surface area contributed by atoms with Crippen LogP contribution in [-0.2, 0) is 15.7 Å². The van der Waals surface area contributed by atoms with Crippen LogP contribution in [0.4, 0.5) is 20.7 Å².